The van der Waals surface area contributed by atoms with Crippen molar-refractivity contribution in [3.8, 4) is 5.75 Å². The number of hydrogen-bond acceptors (Lipinski definition) is 7. The van der Waals surface area contributed by atoms with Crippen LogP contribution in [0.5, 0.6) is 5.75 Å². The van der Waals surface area contributed by atoms with Crippen LogP contribution in [-0.2, 0) is 40.0 Å². The number of sulfone groups is 1. The molecule has 0 saturated carbocycles. The highest BCUT2D eigenvalue weighted by Gasteiger charge is 2.27. The molecular weight excluding hydrogens is 506 g/mol. The molecule has 0 aliphatic carbocycles. The van der Waals surface area contributed by atoms with E-state index in [9.17, 15) is 13.2 Å². The number of carbonyl (C=O) groups excluding carboxylic acids is 1. The fourth-order valence-corrected chi connectivity index (χ4v) is 5.71. The number of aryl methyl sites for hydroxylation is 1. The molecule has 0 saturated heterocycles. The molecule has 0 fully saturated rings. The predicted octanol–water partition coefficient (Wildman–Crippen LogP) is 4.26. The van der Waals surface area contributed by atoms with Crippen LogP contribution >= 0.6 is 0 Å². The van der Waals surface area contributed by atoms with Gasteiger partial charge < -0.3 is 23.4 Å². The van der Waals surface area contributed by atoms with Crippen LogP contribution in [0.4, 0.5) is 0 Å². The maximum Gasteiger partial charge on any atom is 0.254 e. The van der Waals surface area contributed by atoms with E-state index in [1.165, 1.54) is 13.3 Å². The van der Waals surface area contributed by atoms with Crippen LogP contribution in [0.2, 0.25) is 0 Å². The second-order valence-corrected chi connectivity index (χ2v) is 10.7. The number of rotatable bonds is 12. The van der Waals surface area contributed by atoms with Gasteiger partial charge in [-0.2, -0.15) is 0 Å². The summed E-state index contributed by atoms with van der Waals surface area (Å²) in [5.74, 6) is 0.747. The minimum Gasteiger partial charge on any atom is -0.497 e. The summed E-state index contributed by atoms with van der Waals surface area (Å²) in [5, 5.41) is -0.0753. The zero-order valence-electron chi connectivity index (χ0n) is 21.7. The number of imidazole rings is 1. The van der Waals surface area contributed by atoms with Gasteiger partial charge in [-0.3, -0.25) is 4.79 Å². The van der Waals surface area contributed by atoms with Gasteiger partial charge in [0.1, 0.15) is 11.5 Å². The van der Waals surface area contributed by atoms with Gasteiger partial charge in [0, 0.05) is 19.2 Å². The first kappa shape index (κ1) is 27.2. The van der Waals surface area contributed by atoms with Crippen molar-refractivity contribution in [1.29, 1.82) is 0 Å². The molecule has 38 heavy (non-hydrogen) atoms. The summed E-state index contributed by atoms with van der Waals surface area (Å²) >= 11 is 0. The maximum absolute atomic E-state index is 13.6. The maximum atomic E-state index is 13.6. The van der Waals surface area contributed by atoms with E-state index in [0.717, 1.165) is 5.56 Å². The van der Waals surface area contributed by atoms with E-state index in [4.69, 9.17) is 13.9 Å². The molecule has 4 aromatic rings. The van der Waals surface area contributed by atoms with E-state index in [1.54, 1.807) is 65.3 Å². The summed E-state index contributed by atoms with van der Waals surface area (Å²) in [7, 11) is -0.745. The number of ether oxygens (including phenoxy) is 2. The summed E-state index contributed by atoms with van der Waals surface area (Å²) in [5.41, 5.74) is 2.56. The van der Waals surface area contributed by atoms with Gasteiger partial charge in [-0.25, -0.2) is 13.4 Å². The van der Waals surface area contributed by atoms with E-state index in [-0.39, 0.29) is 43.1 Å². The molecule has 2 aromatic heterocycles. The molecule has 10 heteroatoms. The fraction of sp³-hybridized carbons (Fsp3) is 0.286. The van der Waals surface area contributed by atoms with Crippen molar-refractivity contribution in [2.75, 3.05) is 20.8 Å². The molecular formula is C28H31N3O6S. The topological polar surface area (TPSA) is 104 Å². The molecule has 0 bridgehead atoms. The Morgan fingerprint density at radius 3 is 2.58 bits per heavy atom. The third kappa shape index (κ3) is 6.32. The van der Waals surface area contributed by atoms with Gasteiger partial charge in [-0.1, -0.05) is 30.3 Å². The van der Waals surface area contributed by atoms with Gasteiger partial charge in [0.25, 0.3) is 5.91 Å². The lowest BCUT2D eigenvalue weighted by Crippen LogP contribution is -2.32. The number of hydrogen-bond donors (Lipinski definition) is 0. The van der Waals surface area contributed by atoms with Crippen LogP contribution in [0.1, 0.15) is 32.9 Å². The molecule has 2 heterocycles. The zero-order chi connectivity index (χ0) is 27.1. The Balaban J connectivity index is 1.68. The number of methoxy groups -OCH3 is 2. The molecule has 0 aliphatic rings. The number of amides is 1. The van der Waals surface area contributed by atoms with Crippen LogP contribution in [0.25, 0.3) is 0 Å². The Kier molecular flexibility index (Phi) is 8.65. The van der Waals surface area contributed by atoms with Crippen molar-refractivity contribution in [3.63, 3.8) is 0 Å². The minimum absolute atomic E-state index is 0.0753. The second-order valence-electron chi connectivity index (χ2n) is 8.84. The van der Waals surface area contributed by atoms with Crippen molar-refractivity contribution in [3.05, 3.63) is 101 Å². The van der Waals surface area contributed by atoms with Crippen LogP contribution in [0, 0.1) is 6.92 Å². The number of aromatic nitrogens is 2. The lowest BCUT2D eigenvalue weighted by molar-refractivity contribution is 0.0711. The van der Waals surface area contributed by atoms with Crippen LogP contribution in [0.3, 0.4) is 0 Å². The van der Waals surface area contributed by atoms with E-state index >= 15 is 0 Å². The smallest absolute Gasteiger partial charge is 0.254 e. The zero-order valence-corrected chi connectivity index (χ0v) is 22.5. The molecule has 0 spiro atoms. The molecule has 0 N–H and O–H groups in total. The highest BCUT2D eigenvalue weighted by molar-refractivity contribution is 7.90. The first-order valence-electron chi connectivity index (χ1n) is 12.1. The van der Waals surface area contributed by atoms with Crippen LogP contribution in [0.15, 0.2) is 82.7 Å². The minimum atomic E-state index is -3.82. The van der Waals surface area contributed by atoms with Crippen molar-refractivity contribution >= 4 is 15.7 Å². The average molecular weight is 538 g/mol. The quantitative estimate of drug-likeness (QED) is 0.266. The van der Waals surface area contributed by atoms with Crippen LogP contribution in [-0.4, -0.2) is 49.6 Å². The van der Waals surface area contributed by atoms with Crippen molar-refractivity contribution in [1.82, 2.24) is 14.5 Å². The third-order valence-electron chi connectivity index (χ3n) is 6.13. The van der Waals surface area contributed by atoms with E-state index in [2.05, 4.69) is 4.98 Å². The lowest BCUT2D eigenvalue weighted by Gasteiger charge is -2.23. The van der Waals surface area contributed by atoms with E-state index in [1.807, 2.05) is 25.1 Å². The first-order valence-corrected chi connectivity index (χ1v) is 13.7. The van der Waals surface area contributed by atoms with Crippen LogP contribution < -0.4 is 4.74 Å². The Hall–Kier alpha value is -3.89. The Labute approximate surface area is 222 Å². The van der Waals surface area contributed by atoms with Gasteiger partial charge in [-0.15, -0.1) is 0 Å². The first-order chi connectivity index (χ1) is 18.3. The number of nitrogens with zero attached hydrogens (tertiary/aromatic N) is 3. The SMILES string of the molecule is COCCn1c(CN(Cc2ccco2)C(=O)c2ccccc2C)cnc1S(=O)(=O)Cc1cccc(OC)c1. The lowest BCUT2D eigenvalue weighted by atomic mass is 10.1. The van der Waals surface area contributed by atoms with Crippen molar-refractivity contribution in [2.24, 2.45) is 0 Å². The molecule has 4 rings (SSSR count). The summed E-state index contributed by atoms with van der Waals surface area (Å²) in [6.45, 7) is 2.74. The summed E-state index contributed by atoms with van der Waals surface area (Å²) in [6.07, 6.45) is 3.06. The van der Waals surface area contributed by atoms with Gasteiger partial charge in [0.15, 0.2) is 0 Å². The predicted molar refractivity (Wildman–Crippen MR) is 141 cm³/mol. The molecule has 0 radical (unpaired) electrons. The van der Waals surface area contributed by atoms with Gasteiger partial charge in [0.2, 0.25) is 15.0 Å². The highest BCUT2D eigenvalue weighted by atomic mass is 32.2. The Morgan fingerprint density at radius 1 is 1.05 bits per heavy atom. The van der Waals surface area contributed by atoms with E-state index in [0.29, 0.717) is 28.3 Å². The monoisotopic (exact) mass is 537 g/mol. The van der Waals surface area contributed by atoms with Crippen molar-refractivity contribution < 1.29 is 27.1 Å². The van der Waals surface area contributed by atoms with Crippen molar-refractivity contribution in [2.45, 2.75) is 37.5 Å². The Bertz CT molecular complexity index is 1480. The average Bonchev–Trinajstić information content (AvgIpc) is 3.57. The van der Waals surface area contributed by atoms with Gasteiger partial charge in [0.05, 0.1) is 50.7 Å². The third-order valence-corrected chi connectivity index (χ3v) is 7.73. The Morgan fingerprint density at radius 2 is 1.87 bits per heavy atom. The van der Waals surface area contributed by atoms with E-state index < -0.39 is 9.84 Å². The molecule has 9 nitrogen and oxygen atoms in total. The molecule has 2 aromatic carbocycles. The number of furan rings is 1. The molecule has 0 atom stereocenters. The van der Waals surface area contributed by atoms with Gasteiger partial charge >= 0.3 is 0 Å². The molecule has 1 amide bonds. The molecule has 200 valence electrons. The fourth-order valence-electron chi connectivity index (χ4n) is 4.20. The standard InChI is InChI=1S/C28H31N3O6S/c1-21-8-4-5-12-26(21)27(32)30(19-25-11-7-14-37-25)18-23-17-29-28(31(23)13-15-35-2)38(33,34)20-22-9-6-10-24(16-22)36-3/h4-12,14,16-17H,13,15,18-20H2,1-3H3. The number of benzene rings is 2. The largest absolute Gasteiger partial charge is 0.497 e. The van der Waals surface area contributed by atoms with Gasteiger partial charge in [-0.05, 0) is 48.4 Å². The normalized spacial score (nSPS) is 11.4. The molecule has 0 aliphatic heterocycles. The second kappa shape index (κ2) is 12.1. The highest BCUT2D eigenvalue weighted by Crippen LogP contribution is 2.23. The summed E-state index contributed by atoms with van der Waals surface area (Å²) in [4.78, 5) is 19.6. The molecule has 0 unspecified atom stereocenters. The summed E-state index contributed by atoms with van der Waals surface area (Å²) in [6, 6.07) is 17.8. The number of carbonyl (C=O) groups is 1. The summed E-state index contributed by atoms with van der Waals surface area (Å²) < 4.78 is 44.6.